The van der Waals surface area contributed by atoms with Crippen molar-refractivity contribution >= 4 is 17.7 Å². The molecule has 2 aliphatic rings. The van der Waals surface area contributed by atoms with Gasteiger partial charge in [0.15, 0.2) is 17.3 Å². The van der Waals surface area contributed by atoms with Gasteiger partial charge in [-0.3, -0.25) is 14.5 Å². The lowest BCUT2D eigenvalue weighted by molar-refractivity contribution is -0.130. The van der Waals surface area contributed by atoms with Crippen LogP contribution in [0.3, 0.4) is 0 Å². The summed E-state index contributed by atoms with van der Waals surface area (Å²) in [6.07, 6.45) is 0.265. The number of ketones is 1. The molecule has 3 heterocycles. The van der Waals surface area contributed by atoms with E-state index in [0.29, 0.717) is 17.1 Å². The highest BCUT2D eigenvalue weighted by molar-refractivity contribution is 6.11. The van der Waals surface area contributed by atoms with E-state index in [9.17, 15) is 14.4 Å². The van der Waals surface area contributed by atoms with E-state index in [1.54, 1.807) is 25.1 Å². The van der Waals surface area contributed by atoms with Crippen LogP contribution in [0.15, 0.2) is 54.6 Å². The van der Waals surface area contributed by atoms with Gasteiger partial charge in [0.25, 0.3) is 5.91 Å². The Morgan fingerprint density at radius 1 is 1.03 bits per heavy atom. The van der Waals surface area contributed by atoms with E-state index in [-0.39, 0.29) is 25.5 Å². The number of rotatable bonds is 6. The van der Waals surface area contributed by atoms with Crippen molar-refractivity contribution < 1.29 is 23.9 Å². The van der Waals surface area contributed by atoms with E-state index in [1.807, 2.05) is 54.8 Å². The van der Waals surface area contributed by atoms with Crippen molar-refractivity contribution in [3.8, 4) is 17.2 Å². The third-order valence-corrected chi connectivity index (χ3v) is 6.39. The summed E-state index contributed by atoms with van der Waals surface area (Å²) in [5, 5.41) is 2.77. The molecule has 3 aromatic rings. The molecule has 8 nitrogen and oxygen atoms in total. The van der Waals surface area contributed by atoms with Crippen molar-refractivity contribution in [1.82, 2.24) is 14.8 Å². The predicted molar refractivity (Wildman–Crippen MR) is 124 cm³/mol. The molecular weight excluding hydrogens is 434 g/mol. The van der Waals surface area contributed by atoms with Gasteiger partial charge in [0, 0.05) is 29.1 Å². The minimum Gasteiger partial charge on any atom is -0.454 e. The Kier molecular flexibility index (Phi) is 5.16. The Morgan fingerprint density at radius 3 is 2.53 bits per heavy atom. The number of hydrogen-bond donors (Lipinski definition) is 1. The summed E-state index contributed by atoms with van der Waals surface area (Å²) in [6, 6.07) is 16.4. The average Bonchev–Trinajstić information content (AvgIpc) is 3.45. The van der Waals surface area contributed by atoms with Gasteiger partial charge in [-0.1, -0.05) is 24.3 Å². The number of nitrogens with zero attached hydrogens (tertiary/aromatic N) is 2. The smallest absolute Gasteiger partial charge is 0.325 e. The van der Waals surface area contributed by atoms with Crippen LogP contribution < -0.4 is 14.8 Å². The number of fused-ring (bicyclic) bond motifs is 1. The number of imide groups is 1. The van der Waals surface area contributed by atoms with Crippen molar-refractivity contribution in [2.24, 2.45) is 0 Å². The van der Waals surface area contributed by atoms with Gasteiger partial charge in [-0.15, -0.1) is 0 Å². The second-order valence-corrected chi connectivity index (χ2v) is 8.90. The van der Waals surface area contributed by atoms with Gasteiger partial charge in [-0.05, 0) is 56.7 Å². The highest BCUT2D eigenvalue weighted by atomic mass is 16.7. The first-order valence-electron chi connectivity index (χ1n) is 11.1. The number of amides is 3. The number of Topliss-reactive ketones (excluding diaryl/α,β-unsaturated/α-hetero) is 1. The van der Waals surface area contributed by atoms with Crippen LogP contribution in [0.1, 0.15) is 34.2 Å². The molecule has 1 aromatic heterocycles. The molecule has 5 rings (SSSR count). The van der Waals surface area contributed by atoms with E-state index in [1.165, 1.54) is 0 Å². The first-order valence-corrected chi connectivity index (χ1v) is 11.1. The van der Waals surface area contributed by atoms with Gasteiger partial charge >= 0.3 is 6.03 Å². The largest absolute Gasteiger partial charge is 0.454 e. The number of nitrogens with one attached hydrogen (secondary N) is 1. The number of aromatic nitrogens is 1. The zero-order valence-electron chi connectivity index (χ0n) is 19.3. The summed E-state index contributed by atoms with van der Waals surface area (Å²) in [5.41, 5.74) is 2.77. The minimum atomic E-state index is -1.16. The summed E-state index contributed by atoms with van der Waals surface area (Å²) in [4.78, 5) is 40.2. The molecule has 2 aromatic carbocycles. The zero-order chi connectivity index (χ0) is 24.0. The molecule has 8 heteroatoms. The van der Waals surface area contributed by atoms with Crippen LogP contribution in [0.25, 0.3) is 5.69 Å². The minimum absolute atomic E-state index is 0.159. The molecule has 1 N–H and O–H groups in total. The second kappa shape index (κ2) is 8.06. The van der Waals surface area contributed by atoms with E-state index in [4.69, 9.17) is 9.47 Å². The van der Waals surface area contributed by atoms with Gasteiger partial charge < -0.3 is 19.4 Å². The fourth-order valence-electron chi connectivity index (χ4n) is 4.72. The standard InChI is InChI=1S/C26H25N3O5/c1-16-11-20(17(2)29(16)19-7-5-4-6-8-19)21(30)14-28-24(31)26(3,27-25(28)32)13-18-9-10-22-23(12-18)34-15-33-22/h4-12H,13-15H2,1-3H3,(H,27,32). The Labute approximate surface area is 197 Å². The molecule has 1 fully saturated rings. The Hall–Kier alpha value is -4.07. The number of carbonyl (C=O) groups excluding carboxylic acids is 3. The van der Waals surface area contributed by atoms with E-state index < -0.39 is 17.5 Å². The van der Waals surface area contributed by atoms with Crippen molar-refractivity contribution in [3.63, 3.8) is 0 Å². The number of urea groups is 1. The molecule has 0 radical (unpaired) electrons. The van der Waals surface area contributed by atoms with Gasteiger partial charge in [-0.2, -0.15) is 0 Å². The lowest BCUT2D eigenvalue weighted by Gasteiger charge is -2.21. The molecule has 34 heavy (non-hydrogen) atoms. The van der Waals surface area contributed by atoms with Crippen LogP contribution in [0.2, 0.25) is 0 Å². The number of ether oxygens (including phenoxy) is 2. The van der Waals surface area contributed by atoms with Gasteiger partial charge in [0.1, 0.15) is 5.54 Å². The average molecular weight is 460 g/mol. The van der Waals surface area contributed by atoms with Crippen molar-refractivity contribution in [1.29, 1.82) is 0 Å². The molecule has 3 amide bonds. The van der Waals surface area contributed by atoms with Crippen molar-refractivity contribution in [3.05, 3.63) is 77.1 Å². The van der Waals surface area contributed by atoms with E-state index in [2.05, 4.69) is 5.32 Å². The number of benzene rings is 2. The van der Waals surface area contributed by atoms with E-state index >= 15 is 0 Å². The summed E-state index contributed by atoms with van der Waals surface area (Å²) < 4.78 is 12.7. The molecule has 0 bridgehead atoms. The van der Waals surface area contributed by atoms with Gasteiger partial charge in [0.05, 0.1) is 6.54 Å². The Bertz CT molecular complexity index is 1310. The quantitative estimate of drug-likeness (QED) is 0.450. The number of para-hydroxylation sites is 1. The molecule has 2 aliphatic heterocycles. The SMILES string of the molecule is Cc1cc(C(=O)CN2C(=O)NC(C)(Cc3ccc4c(c3)OCO4)C2=O)c(C)n1-c1ccccc1. The summed E-state index contributed by atoms with van der Waals surface area (Å²) >= 11 is 0. The summed E-state index contributed by atoms with van der Waals surface area (Å²) in [6.45, 7) is 5.30. The molecule has 1 atom stereocenters. The maximum absolute atomic E-state index is 13.3. The fraction of sp³-hybridized carbons (Fsp3) is 0.269. The maximum atomic E-state index is 13.3. The second-order valence-electron chi connectivity index (χ2n) is 8.90. The Balaban J connectivity index is 1.35. The maximum Gasteiger partial charge on any atom is 0.325 e. The van der Waals surface area contributed by atoms with Crippen LogP contribution in [0.4, 0.5) is 4.79 Å². The lowest BCUT2D eigenvalue weighted by Crippen LogP contribution is -2.46. The molecule has 0 spiro atoms. The zero-order valence-corrected chi connectivity index (χ0v) is 19.3. The van der Waals surface area contributed by atoms with Gasteiger partial charge in [0.2, 0.25) is 6.79 Å². The van der Waals surface area contributed by atoms with Crippen LogP contribution in [-0.4, -0.2) is 46.1 Å². The molecular formula is C26H25N3O5. The predicted octanol–water partition coefficient (Wildman–Crippen LogP) is 3.56. The van der Waals surface area contributed by atoms with Crippen molar-refractivity contribution in [2.45, 2.75) is 32.7 Å². The lowest BCUT2D eigenvalue weighted by atomic mass is 9.92. The van der Waals surface area contributed by atoms with Crippen LogP contribution >= 0.6 is 0 Å². The summed E-state index contributed by atoms with van der Waals surface area (Å²) in [7, 11) is 0. The molecule has 0 saturated carbocycles. The highest BCUT2D eigenvalue weighted by Gasteiger charge is 2.48. The van der Waals surface area contributed by atoms with Crippen LogP contribution in [-0.2, 0) is 11.2 Å². The van der Waals surface area contributed by atoms with Gasteiger partial charge in [-0.25, -0.2) is 4.79 Å². The first kappa shape index (κ1) is 21.8. The van der Waals surface area contributed by atoms with Crippen LogP contribution in [0, 0.1) is 13.8 Å². The van der Waals surface area contributed by atoms with Crippen molar-refractivity contribution in [2.75, 3.05) is 13.3 Å². The fourth-order valence-corrected chi connectivity index (χ4v) is 4.72. The summed E-state index contributed by atoms with van der Waals surface area (Å²) in [5.74, 6) is 0.543. The molecule has 174 valence electrons. The Morgan fingerprint density at radius 2 is 1.76 bits per heavy atom. The number of carbonyl (C=O) groups is 3. The topological polar surface area (TPSA) is 89.9 Å². The normalized spacial score (nSPS) is 19.0. The number of hydrogen-bond acceptors (Lipinski definition) is 5. The first-order chi connectivity index (χ1) is 16.3. The third-order valence-electron chi connectivity index (χ3n) is 6.39. The molecule has 0 aliphatic carbocycles. The molecule has 1 unspecified atom stereocenters. The third kappa shape index (κ3) is 3.61. The number of aryl methyl sites for hydroxylation is 1. The highest BCUT2D eigenvalue weighted by Crippen LogP contribution is 2.34. The van der Waals surface area contributed by atoms with Crippen LogP contribution in [0.5, 0.6) is 11.5 Å². The monoisotopic (exact) mass is 459 g/mol. The van der Waals surface area contributed by atoms with E-state index in [0.717, 1.165) is 27.5 Å². The molecule has 1 saturated heterocycles.